The third kappa shape index (κ3) is 2.37. The van der Waals surface area contributed by atoms with Crippen LogP contribution in [0.4, 0.5) is 0 Å². The first-order chi connectivity index (χ1) is 9.26. The summed E-state index contributed by atoms with van der Waals surface area (Å²) in [6, 6.07) is 8.69. The lowest BCUT2D eigenvalue weighted by Crippen LogP contribution is -2.04. The van der Waals surface area contributed by atoms with Crippen LogP contribution in [0.15, 0.2) is 36.7 Å². The predicted octanol–water partition coefficient (Wildman–Crippen LogP) is 1.54. The molecule has 0 amide bonds. The number of rotatable bonds is 4. The van der Waals surface area contributed by atoms with Crippen molar-refractivity contribution >= 4 is 10.9 Å². The summed E-state index contributed by atoms with van der Waals surface area (Å²) in [4.78, 5) is 0. The van der Waals surface area contributed by atoms with Crippen molar-refractivity contribution in [2.45, 2.75) is 13.1 Å². The Morgan fingerprint density at radius 3 is 2.89 bits per heavy atom. The van der Waals surface area contributed by atoms with Gasteiger partial charge < -0.3 is 9.88 Å². The van der Waals surface area contributed by atoms with Crippen LogP contribution >= 0.6 is 0 Å². The molecule has 0 saturated carbocycles. The van der Waals surface area contributed by atoms with Crippen LogP contribution in [0.1, 0.15) is 11.3 Å². The lowest BCUT2D eigenvalue weighted by molar-refractivity contribution is 0.711. The molecule has 0 radical (unpaired) electrons. The van der Waals surface area contributed by atoms with Gasteiger partial charge in [-0.1, -0.05) is 11.3 Å². The second-order valence-corrected chi connectivity index (χ2v) is 4.75. The molecule has 0 spiro atoms. The van der Waals surface area contributed by atoms with Gasteiger partial charge in [-0.2, -0.15) is 0 Å². The summed E-state index contributed by atoms with van der Waals surface area (Å²) in [6.45, 7) is 1.65. The van der Waals surface area contributed by atoms with Gasteiger partial charge in [0.25, 0.3) is 0 Å². The SMILES string of the molecule is CNCc1ccc2c(ccn2Cc2cn(C)nn2)c1. The second-order valence-electron chi connectivity index (χ2n) is 4.75. The maximum atomic E-state index is 4.13. The van der Waals surface area contributed by atoms with E-state index in [1.165, 1.54) is 16.5 Å². The summed E-state index contributed by atoms with van der Waals surface area (Å²) in [7, 11) is 3.84. The largest absolute Gasteiger partial charge is 0.341 e. The van der Waals surface area contributed by atoms with Gasteiger partial charge in [-0.3, -0.25) is 4.68 Å². The zero-order valence-electron chi connectivity index (χ0n) is 11.2. The Morgan fingerprint density at radius 2 is 2.16 bits per heavy atom. The molecule has 1 aromatic carbocycles. The van der Waals surface area contributed by atoms with Gasteiger partial charge in [-0.05, 0) is 36.2 Å². The molecule has 0 aliphatic carbocycles. The van der Waals surface area contributed by atoms with E-state index in [0.29, 0.717) is 0 Å². The maximum absolute atomic E-state index is 4.13. The van der Waals surface area contributed by atoms with Gasteiger partial charge >= 0.3 is 0 Å². The fourth-order valence-corrected chi connectivity index (χ4v) is 2.34. The van der Waals surface area contributed by atoms with Gasteiger partial charge in [0.1, 0.15) is 5.69 Å². The zero-order chi connectivity index (χ0) is 13.2. The van der Waals surface area contributed by atoms with Crippen molar-refractivity contribution in [2.24, 2.45) is 7.05 Å². The van der Waals surface area contributed by atoms with E-state index in [1.54, 1.807) is 4.68 Å². The molecule has 0 aliphatic heterocycles. The van der Waals surface area contributed by atoms with Crippen LogP contribution in [0.3, 0.4) is 0 Å². The van der Waals surface area contributed by atoms with Crippen molar-refractivity contribution in [3.63, 3.8) is 0 Å². The molecule has 3 aromatic rings. The number of benzene rings is 1. The first-order valence-electron chi connectivity index (χ1n) is 6.34. The van der Waals surface area contributed by atoms with Crippen molar-refractivity contribution in [1.82, 2.24) is 24.9 Å². The Balaban J connectivity index is 1.92. The Kier molecular flexibility index (Phi) is 3.05. The molecule has 5 heteroatoms. The third-order valence-corrected chi connectivity index (χ3v) is 3.20. The summed E-state index contributed by atoms with van der Waals surface area (Å²) in [5.74, 6) is 0. The highest BCUT2D eigenvalue weighted by Crippen LogP contribution is 2.18. The normalized spacial score (nSPS) is 11.3. The molecular formula is C14H17N5. The molecule has 0 atom stereocenters. The fourth-order valence-electron chi connectivity index (χ4n) is 2.34. The number of nitrogens with zero attached hydrogens (tertiary/aromatic N) is 4. The highest BCUT2D eigenvalue weighted by Gasteiger charge is 2.05. The molecule has 3 rings (SSSR count). The van der Waals surface area contributed by atoms with Crippen molar-refractivity contribution in [3.8, 4) is 0 Å². The van der Waals surface area contributed by atoms with E-state index in [2.05, 4.69) is 50.7 Å². The predicted molar refractivity (Wildman–Crippen MR) is 74.8 cm³/mol. The molecule has 0 fully saturated rings. The van der Waals surface area contributed by atoms with Crippen LogP contribution in [0.25, 0.3) is 10.9 Å². The maximum Gasteiger partial charge on any atom is 0.102 e. The molecule has 19 heavy (non-hydrogen) atoms. The molecule has 2 heterocycles. The number of hydrogen-bond donors (Lipinski definition) is 1. The van der Waals surface area contributed by atoms with E-state index in [-0.39, 0.29) is 0 Å². The van der Waals surface area contributed by atoms with Crippen molar-refractivity contribution < 1.29 is 0 Å². The highest BCUT2D eigenvalue weighted by molar-refractivity contribution is 5.81. The molecule has 98 valence electrons. The van der Waals surface area contributed by atoms with Crippen LogP contribution in [-0.4, -0.2) is 26.6 Å². The first-order valence-corrected chi connectivity index (χ1v) is 6.34. The quantitative estimate of drug-likeness (QED) is 0.769. The second kappa shape index (κ2) is 4.85. The van der Waals surface area contributed by atoms with Crippen LogP contribution in [0.5, 0.6) is 0 Å². The van der Waals surface area contributed by atoms with E-state index < -0.39 is 0 Å². The molecule has 1 N–H and O–H groups in total. The number of nitrogens with one attached hydrogen (secondary N) is 1. The molecule has 0 bridgehead atoms. The van der Waals surface area contributed by atoms with Crippen LogP contribution in [0, 0.1) is 0 Å². The number of aromatic nitrogens is 4. The van der Waals surface area contributed by atoms with Gasteiger partial charge in [0.05, 0.1) is 6.54 Å². The number of hydrogen-bond acceptors (Lipinski definition) is 3. The molecule has 5 nitrogen and oxygen atoms in total. The van der Waals surface area contributed by atoms with E-state index in [9.17, 15) is 0 Å². The Labute approximate surface area is 111 Å². The standard InChI is InChI=1S/C14H17N5/c1-15-8-11-3-4-14-12(7-11)5-6-19(14)10-13-9-18(2)17-16-13/h3-7,9,15H,8,10H2,1-2H3. The lowest BCUT2D eigenvalue weighted by Gasteiger charge is -2.04. The highest BCUT2D eigenvalue weighted by atomic mass is 15.4. The minimum Gasteiger partial charge on any atom is -0.341 e. The van der Waals surface area contributed by atoms with E-state index >= 15 is 0 Å². The molecule has 2 aromatic heterocycles. The van der Waals surface area contributed by atoms with Crippen LogP contribution in [0.2, 0.25) is 0 Å². The van der Waals surface area contributed by atoms with Gasteiger partial charge in [0, 0.05) is 31.5 Å². The van der Waals surface area contributed by atoms with Gasteiger partial charge in [0.15, 0.2) is 0 Å². The summed E-state index contributed by atoms with van der Waals surface area (Å²) in [6.07, 6.45) is 4.05. The minimum atomic E-state index is 0.753. The summed E-state index contributed by atoms with van der Waals surface area (Å²) >= 11 is 0. The van der Waals surface area contributed by atoms with E-state index in [0.717, 1.165) is 18.8 Å². The van der Waals surface area contributed by atoms with Gasteiger partial charge in [-0.15, -0.1) is 5.10 Å². The lowest BCUT2D eigenvalue weighted by atomic mass is 10.1. The Hall–Kier alpha value is -2.14. The average Bonchev–Trinajstić information content (AvgIpc) is 2.97. The first kappa shape index (κ1) is 11.9. The van der Waals surface area contributed by atoms with Crippen molar-refractivity contribution in [2.75, 3.05) is 7.05 Å². The van der Waals surface area contributed by atoms with E-state index in [4.69, 9.17) is 0 Å². The van der Waals surface area contributed by atoms with Crippen LogP contribution in [-0.2, 0) is 20.1 Å². The Morgan fingerprint density at radius 1 is 1.26 bits per heavy atom. The fraction of sp³-hybridized carbons (Fsp3) is 0.286. The summed E-state index contributed by atoms with van der Waals surface area (Å²) < 4.78 is 3.93. The molecule has 0 saturated heterocycles. The molecule has 0 aliphatic rings. The summed E-state index contributed by atoms with van der Waals surface area (Å²) in [5.41, 5.74) is 3.50. The van der Waals surface area contributed by atoms with Gasteiger partial charge in [0.2, 0.25) is 0 Å². The van der Waals surface area contributed by atoms with Gasteiger partial charge in [-0.25, -0.2) is 0 Å². The van der Waals surface area contributed by atoms with E-state index in [1.807, 2.05) is 20.3 Å². The van der Waals surface area contributed by atoms with Crippen molar-refractivity contribution in [1.29, 1.82) is 0 Å². The smallest absolute Gasteiger partial charge is 0.102 e. The monoisotopic (exact) mass is 255 g/mol. The Bertz CT molecular complexity index is 695. The van der Waals surface area contributed by atoms with Crippen LogP contribution < -0.4 is 5.32 Å². The van der Waals surface area contributed by atoms with Crippen molar-refractivity contribution in [3.05, 3.63) is 47.9 Å². The summed E-state index contributed by atoms with van der Waals surface area (Å²) in [5, 5.41) is 12.5. The number of aryl methyl sites for hydroxylation is 1. The average molecular weight is 255 g/mol. The molecular weight excluding hydrogens is 238 g/mol. The topological polar surface area (TPSA) is 47.7 Å². The zero-order valence-corrected chi connectivity index (χ0v) is 11.2. The molecule has 0 unspecified atom stereocenters. The minimum absolute atomic E-state index is 0.753. The number of fused-ring (bicyclic) bond motifs is 1. The third-order valence-electron chi connectivity index (χ3n) is 3.20.